The van der Waals surface area contributed by atoms with Gasteiger partial charge in [-0.15, -0.1) is 0 Å². The molecule has 0 saturated carbocycles. The van der Waals surface area contributed by atoms with E-state index in [1.165, 1.54) is 4.90 Å². The van der Waals surface area contributed by atoms with E-state index in [4.69, 9.17) is 9.47 Å². The van der Waals surface area contributed by atoms with Crippen molar-refractivity contribution in [2.45, 2.75) is 33.4 Å². The highest BCUT2D eigenvalue weighted by Gasteiger charge is 2.26. The predicted octanol–water partition coefficient (Wildman–Crippen LogP) is 2.85. The van der Waals surface area contributed by atoms with Crippen LogP contribution in [0.2, 0.25) is 0 Å². The molecule has 2 amide bonds. The van der Waals surface area contributed by atoms with Gasteiger partial charge in [-0.05, 0) is 55.7 Å². The lowest BCUT2D eigenvalue weighted by Gasteiger charge is -2.28. The number of aryl methyl sites for hydroxylation is 2. The van der Waals surface area contributed by atoms with E-state index in [1.54, 1.807) is 21.1 Å². The number of likely N-dealkylation sites (N-methyl/N-ethyl adjacent to an activating group) is 1. The summed E-state index contributed by atoms with van der Waals surface area (Å²) in [5.41, 5.74) is 2.91. The van der Waals surface area contributed by atoms with Crippen LogP contribution in [0.5, 0.6) is 11.5 Å². The monoisotopic (exact) mass is 384 g/mol. The topological polar surface area (TPSA) is 67.9 Å². The number of amides is 2. The molecule has 6 heteroatoms. The second-order valence-corrected chi connectivity index (χ2v) is 6.72. The molecule has 0 fully saturated rings. The molecule has 6 nitrogen and oxygen atoms in total. The van der Waals surface area contributed by atoms with Gasteiger partial charge in [0, 0.05) is 13.6 Å². The van der Waals surface area contributed by atoms with E-state index >= 15 is 0 Å². The quantitative estimate of drug-likeness (QED) is 0.760. The van der Waals surface area contributed by atoms with Gasteiger partial charge in [0.05, 0.1) is 7.11 Å². The Hall–Kier alpha value is -3.02. The Kier molecular flexibility index (Phi) is 7.44. The maximum Gasteiger partial charge on any atom is 0.261 e. The summed E-state index contributed by atoms with van der Waals surface area (Å²) >= 11 is 0. The summed E-state index contributed by atoms with van der Waals surface area (Å²) in [5, 5.41) is 2.60. The van der Waals surface area contributed by atoms with E-state index < -0.39 is 6.04 Å². The minimum atomic E-state index is -0.623. The number of carbonyl (C=O) groups is 2. The van der Waals surface area contributed by atoms with E-state index in [-0.39, 0.29) is 18.4 Å². The number of hydrogen-bond acceptors (Lipinski definition) is 4. The molecule has 2 aromatic rings. The second kappa shape index (κ2) is 9.78. The van der Waals surface area contributed by atoms with E-state index in [1.807, 2.05) is 56.3 Å². The molecule has 0 radical (unpaired) electrons. The van der Waals surface area contributed by atoms with Crippen molar-refractivity contribution >= 4 is 11.8 Å². The van der Waals surface area contributed by atoms with Gasteiger partial charge in [-0.25, -0.2) is 0 Å². The third-order valence-corrected chi connectivity index (χ3v) is 4.62. The number of methoxy groups -OCH3 is 1. The van der Waals surface area contributed by atoms with Crippen molar-refractivity contribution in [2.24, 2.45) is 0 Å². The molecule has 0 saturated heterocycles. The molecule has 0 aliphatic carbocycles. The molecular formula is C22H28N2O4. The number of hydrogen-bond donors (Lipinski definition) is 1. The molecular weight excluding hydrogens is 356 g/mol. The Morgan fingerprint density at radius 2 is 1.79 bits per heavy atom. The molecule has 0 unspecified atom stereocenters. The fourth-order valence-electron chi connectivity index (χ4n) is 2.80. The first-order valence-corrected chi connectivity index (χ1v) is 9.19. The maximum atomic E-state index is 12.9. The number of nitrogens with zero attached hydrogens (tertiary/aromatic N) is 1. The smallest absolute Gasteiger partial charge is 0.261 e. The van der Waals surface area contributed by atoms with Crippen LogP contribution in [-0.2, 0) is 16.1 Å². The number of ether oxygens (including phenoxy) is 2. The summed E-state index contributed by atoms with van der Waals surface area (Å²) in [5.74, 6) is 0.922. The van der Waals surface area contributed by atoms with E-state index in [2.05, 4.69) is 5.32 Å². The lowest BCUT2D eigenvalue weighted by molar-refractivity contribution is -0.142. The molecule has 2 rings (SSSR count). The largest absolute Gasteiger partial charge is 0.497 e. The van der Waals surface area contributed by atoms with Crippen LogP contribution < -0.4 is 14.8 Å². The number of benzene rings is 2. The van der Waals surface area contributed by atoms with Gasteiger partial charge in [-0.1, -0.05) is 24.3 Å². The Morgan fingerprint density at radius 1 is 1.11 bits per heavy atom. The first-order chi connectivity index (χ1) is 13.3. The standard InChI is InChI=1S/C22H28N2O4/c1-15-6-7-16(2)20(12-15)28-14-21(25)24(17(3)22(26)23-4)13-18-8-10-19(27-5)11-9-18/h6-12,17H,13-14H2,1-5H3,(H,23,26)/t17-/m1/s1. The molecule has 2 aromatic carbocycles. The highest BCUT2D eigenvalue weighted by molar-refractivity contribution is 5.87. The Morgan fingerprint density at radius 3 is 2.39 bits per heavy atom. The zero-order valence-corrected chi connectivity index (χ0v) is 17.1. The summed E-state index contributed by atoms with van der Waals surface area (Å²) in [6, 6.07) is 12.6. The molecule has 150 valence electrons. The molecule has 0 spiro atoms. The minimum absolute atomic E-state index is 0.137. The van der Waals surface area contributed by atoms with Gasteiger partial charge in [0.1, 0.15) is 17.5 Å². The normalized spacial score (nSPS) is 11.5. The van der Waals surface area contributed by atoms with Crippen molar-refractivity contribution in [1.29, 1.82) is 0 Å². The molecule has 1 atom stereocenters. The van der Waals surface area contributed by atoms with E-state index in [0.29, 0.717) is 12.3 Å². The second-order valence-electron chi connectivity index (χ2n) is 6.72. The van der Waals surface area contributed by atoms with Crippen molar-refractivity contribution < 1.29 is 19.1 Å². The van der Waals surface area contributed by atoms with Gasteiger partial charge in [-0.3, -0.25) is 9.59 Å². The fourth-order valence-corrected chi connectivity index (χ4v) is 2.80. The zero-order chi connectivity index (χ0) is 20.7. The van der Waals surface area contributed by atoms with Crippen molar-refractivity contribution in [3.8, 4) is 11.5 Å². The van der Waals surface area contributed by atoms with E-state index in [9.17, 15) is 9.59 Å². The molecule has 28 heavy (non-hydrogen) atoms. The number of nitrogens with one attached hydrogen (secondary N) is 1. The van der Waals surface area contributed by atoms with Crippen LogP contribution in [0.25, 0.3) is 0 Å². The molecule has 0 aromatic heterocycles. The third-order valence-electron chi connectivity index (χ3n) is 4.62. The number of carbonyl (C=O) groups excluding carboxylic acids is 2. The van der Waals surface area contributed by atoms with Gasteiger partial charge in [0.2, 0.25) is 5.91 Å². The van der Waals surface area contributed by atoms with Crippen molar-refractivity contribution in [3.05, 3.63) is 59.2 Å². The summed E-state index contributed by atoms with van der Waals surface area (Å²) in [6.45, 7) is 5.77. The first kappa shape index (κ1) is 21.3. The highest BCUT2D eigenvalue weighted by atomic mass is 16.5. The summed E-state index contributed by atoms with van der Waals surface area (Å²) < 4.78 is 10.9. The van der Waals surface area contributed by atoms with Crippen LogP contribution in [0, 0.1) is 13.8 Å². The van der Waals surface area contributed by atoms with Crippen LogP contribution in [-0.4, -0.2) is 43.5 Å². The van der Waals surface area contributed by atoms with Crippen LogP contribution in [0.15, 0.2) is 42.5 Å². The van der Waals surface area contributed by atoms with Gasteiger partial charge >= 0.3 is 0 Å². The highest BCUT2D eigenvalue weighted by Crippen LogP contribution is 2.20. The van der Waals surface area contributed by atoms with Crippen LogP contribution in [0.3, 0.4) is 0 Å². The lowest BCUT2D eigenvalue weighted by Crippen LogP contribution is -2.48. The maximum absolute atomic E-state index is 12.9. The molecule has 1 N–H and O–H groups in total. The van der Waals surface area contributed by atoms with Gasteiger partial charge < -0.3 is 19.7 Å². The summed E-state index contributed by atoms with van der Waals surface area (Å²) in [4.78, 5) is 26.6. The average molecular weight is 384 g/mol. The summed E-state index contributed by atoms with van der Waals surface area (Å²) in [6.07, 6.45) is 0. The first-order valence-electron chi connectivity index (χ1n) is 9.19. The van der Waals surface area contributed by atoms with Crippen LogP contribution >= 0.6 is 0 Å². The molecule has 0 aliphatic heterocycles. The summed E-state index contributed by atoms with van der Waals surface area (Å²) in [7, 11) is 3.16. The Bertz CT molecular complexity index is 818. The predicted molar refractivity (Wildman–Crippen MR) is 108 cm³/mol. The third kappa shape index (κ3) is 5.49. The SMILES string of the molecule is CNC(=O)[C@@H](C)N(Cc1ccc(OC)cc1)C(=O)COc1cc(C)ccc1C. The Labute approximate surface area is 166 Å². The van der Waals surface area contributed by atoms with Crippen LogP contribution in [0.4, 0.5) is 0 Å². The zero-order valence-electron chi connectivity index (χ0n) is 17.1. The average Bonchev–Trinajstić information content (AvgIpc) is 2.71. The number of rotatable bonds is 8. The molecule has 0 heterocycles. The van der Waals surface area contributed by atoms with Crippen LogP contribution in [0.1, 0.15) is 23.6 Å². The lowest BCUT2D eigenvalue weighted by atomic mass is 10.1. The van der Waals surface area contributed by atoms with Gasteiger partial charge in [0.15, 0.2) is 6.61 Å². The van der Waals surface area contributed by atoms with Gasteiger partial charge in [0.25, 0.3) is 5.91 Å². The van der Waals surface area contributed by atoms with E-state index in [0.717, 1.165) is 22.4 Å². The fraction of sp³-hybridized carbons (Fsp3) is 0.364. The van der Waals surface area contributed by atoms with Crippen molar-refractivity contribution in [1.82, 2.24) is 10.2 Å². The van der Waals surface area contributed by atoms with Crippen molar-refractivity contribution in [3.63, 3.8) is 0 Å². The Balaban J connectivity index is 2.15. The van der Waals surface area contributed by atoms with Crippen molar-refractivity contribution in [2.75, 3.05) is 20.8 Å². The molecule has 0 aliphatic rings. The van der Waals surface area contributed by atoms with Gasteiger partial charge in [-0.2, -0.15) is 0 Å². The minimum Gasteiger partial charge on any atom is -0.497 e. The molecule has 0 bridgehead atoms.